The molecule has 202 valence electrons. The molecule has 0 aliphatic carbocycles. The topological polar surface area (TPSA) is 113 Å². The zero-order valence-electron chi connectivity index (χ0n) is 21.5. The molecular formula is C27H31N3O5S3. The third-order valence-electron chi connectivity index (χ3n) is 6.71. The highest BCUT2D eigenvalue weighted by molar-refractivity contribution is 7.98. The van der Waals surface area contributed by atoms with Gasteiger partial charge in [-0.05, 0) is 105 Å². The maximum absolute atomic E-state index is 13.0. The average molecular weight is 574 g/mol. The first-order valence-electron chi connectivity index (χ1n) is 12.1. The molecule has 0 unspecified atom stereocenters. The van der Waals surface area contributed by atoms with Crippen molar-refractivity contribution in [2.24, 2.45) is 5.92 Å². The number of hydrogen-bond acceptors (Lipinski definition) is 6. The van der Waals surface area contributed by atoms with Gasteiger partial charge in [0.05, 0.1) is 9.79 Å². The van der Waals surface area contributed by atoms with Crippen LogP contribution in [0.5, 0.6) is 0 Å². The lowest BCUT2D eigenvalue weighted by Gasteiger charge is -2.30. The Kier molecular flexibility index (Phi) is 8.51. The molecule has 3 aromatic carbocycles. The molecule has 0 atom stereocenters. The Labute approximate surface area is 228 Å². The number of carbonyl (C=O) groups excluding carboxylic acids is 1. The fourth-order valence-electron chi connectivity index (χ4n) is 4.24. The number of anilines is 2. The first kappa shape index (κ1) is 28.2. The van der Waals surface area contributed by atoms with E-state index in [1.54, 1.807) is 60.3 Å². The van der Waals surface area contributed by atoms with Crippen molar-refractivity contribution in [3.8, 4) is 0 Å². The predicted octanol–water partition coefficient (Wildman–Crippen LogP) is 4.87. The van der Waals surface area contributed by atoms with Crippen LogP contribution in [0.25, 0.3) is 0 Å². The maximum Gasteiger partial charge on any atom is 0.261 e. The van der Waals surface area contributed by atoms with Crippen molar-refractivity contribution >= 4 is 49.1 Å². The summed E-state index contributed by atoms with van der Waals surface area (Å²) in [6.45, 7) is 4.38. The Morgan fingerprint density at radius 2 is 1.39 bits per heavy atom. The standard InChI is InChI=1S/C27H31N3O5S3/c1-19-4-5-23(18-20(19)2)29-37(32,33)25-10-6-22(7-11-25)28-27(31)21-14-16-30(17-15-21)38(34,35)26-12-8-24(36-3)9-13-26/h4-13,18,21,29H,14-17H2,1-3H3,(H,28,31). The Hall–Kier alpha value is -2.86. The van der Waals surface area contributed by atoms with Gasteiger partial charge < -0.3 is 5.32 Å². The molecule has 1 saturated heterocycles. The number of sulfonamides is 2. The van der Waals surface area contributed by atoms with Crippen LogP contribution in [0.1, 0.15) is 24.0 Å². The minimum absolute atomic E-state index is 0.0813. The summed E-state index contributed by atoms with van der Waals surface area (Å²) in [5, 5.41) is 2.83. The highest BCUT2D eigenvalue weighted by atomic mass is 32.2. The molecule has 4 rings (SSSR count). The second-order valence-electron chi connectivity index (χ2n) is 9.27. The molecule has 0 spiro atoms. The summed E-state index contributed by atoms with van der Waals surface area (Å²) in [6, 6.07) is 18.1. The quantitative estimate of drug-likeness (QED) is 0.372. The van der Waals surface area contributed by atoms with Gasteiger partial charge in [0, 0.05) is 35.3 Å². The van der Waals surface area contributed by atoms with Crippen molar-refractivity contribution in [2.45, 2.75) is 41.4 Å². The number of amides is 1. The molecule has 1 amide bonds. The van der Waals surface area contributed by atoms with E-state index < -0.39 is 20.0 Å². The van der Waals surface area contributed by atoms with Crippen LogP contribution in [0, 0.1) is 19.8 Å². The van der Waals surface area contributed by atoms with Crippen LogP contribution in [-0.2, 0) is 24.8 Å². The monoisotopic (exact) mass is 573 g/mol. The summed E-state index contributed by atoms with van der Waals surface area (Å²) in [5.74, 6) is -0.551. The van der Waals surface area contributed by atoms with E-state index in [0.29, 0.717) is 24.2 Å². The average Bonchev–Trinajstić information content (AvgIpc) is 2.91. The van der Waals surface area contributed by atoms with E-state index in [9.17, 15) is 21.6 Å². The summed E-state index contributed by atoms with van der Waals surface area (Å²) in [4.78, 5) is 14.2. The van der Waals surface area contributed by atoms with E-state index in [0.717, 1.165) is 16.0 Å². The van der Waals surface area contributed by atoms with Gasteiger partial charge in [0.15, 0.2) is 0 Å². The molecule has 1 heterocycles. The number of nitrogens with zero attached hydrogens (tertiary/aromatic N) is 1. The molecule has 1 aliphatic rings. The lowest BCUT2D eigenvalue weighted by Crippen LogP contribution is -2.41. The van der Waals surface area contributed by atoms with Gasteiger partial charge in [-0.3, -0.25) is 9.52 Å². The number of piperidine rings is 1. The van der Waals surface area contributed by atoms with Gasteiger partial charge >= 0.3 is 0 Å². The highest BCUT2D eigenvalue weighted by Gasteiger charge is 2.32. The van der Waals surface area contributed by atoms with Crippen LogP contribution in [0.4, 0.5) is 11.4 Å². The van der Waals surface area contributed by atoms with E-state index in [4.69, 9.17) is 0 Å². The van der Waals surface area contributed by atoms with Crippen LogP contribution >= 0.6 is 11.8 Å². The van der Waals surface area contributed by atoms with Gasteiger partial charge in [0.1, 0.15) is 0 Å². The lowest BCUT2D eigenvalue weighted by atomic mass is 9.97. The molecule has 11 heteroatoms. The number of thioether (sulfide) groups is 1. The summed E-state index contributed by atoms with van der Waals surface area (Å²) in [7, 11) is -7.39. The lowest BCUT2D eigenvalue weighted by molar-refractivity contribution is -0.120. The normalized spacial score (nSPS) is 15.2. The molecule has 38 heavy (non-hydrogen) atoms. The van der Waals surface area contributed by atoms with Crippen molar-refractivity contribution in [3.05, 3.63) is 77.9 Å². The van der Waals surface area contributed by atoms with Crippen LogP contribution < -0.4 is 10.0 Å². The number of aryl methyl sites for hydroxylation is 2. The van der Waals surface area contributed by atoms with Crippen molar-refractivity contribution in [1.29, 1.82) is 0 Å². The van der Waals surface area contributed by atoms with Crippen LogP contribution in [0.15, 0.2) is 81.4 Å². The molecule has 0 aromatic heterocycles. The fraction of sp³-hybridized carbons (Fsp3) is 0.296. The van der Waals surface area contributed by atoms with E-state index in [2.05, 4.69) is 10.0 Å². The van der Waals surface area contributed by atoms with Gasteiger partial charge in [-0.25, -0.2) is 16.8 Å². The van der Waals surface area contributed by atoms with Crippen LogP contribution in [-0.4, -0.2) is 46.4 Å². The van der Waals surface area contributed by atoms with Gasteiger partial charge in [0.2, 0.25) is 15.9 Å². The second-order valence-corrected chi connectivity index (χ2v) is 13.8. The predicted molar refractivity (Wildman–Crippen MR) is 152 cm³/mol. The van der Waals surface area contributed by atoms with Gasteiger partial charge in [-0.15, -0.1) is 11.8 Å². The Balaban J connectivity index is 1.34. The van der Waals surface area contributed by atoms with Crippen LogP contribution in [0.3, 0.4) is 0 Å². The number of nitrogens with one attached hydrogen (secondary N) is 2. The Morgan fingerprint density at radius 1 is 0.816 bits per heavy atom. The van der Waals surface area contributed by atoms with Gasteiger partial charge in [0.25, 0.3) is 10.0 Å². The molecule has 0 radical (unpaired) electrons. The first-order valence-corrected chi connectivity index (χ1v) is 16.3. The number of rotatable bonds is 8. The number of hydrogen-bond donors (Lipinski definition) is 2. The smallest absolute Gasteiger partial charge is 0.261 e. The van der Waals surface area contributed by atoms with Gasteiger partial charge in [-0.1, -0.05) is 6.07 Å². The van der Waals surface area contributed by atoms with Crippen molar-refractivity contribution < 1.29 is 21.6 Å². The summed E-state index contributed by atoms with van der Waals surface area (Å²) in [5.41, 5.74) is 3.01. The van der Waals surface area contributed by atoms with Crippen molar-refractivity contribution in [2.75, 3.05) is 29.4 Å². The molecule has 2 N–H and O–H groups in total. The van der Waals surface area contributed by atoms with Crippen molar-refractivity contribution in [1.82, 2.24) is 4.31 Å². The summed E-state index contributed by atoms with van der Waals surface area (Å²) < 4.78 is 55.5. The molecule has 8 nitrogen and oxygen atoms in total. The van der Waals surface area contributed by atoms with E-state index in [1.165, 1.54) is 16.4 Å². The largest absolute Gasteiger partial charge is 0.326 e. The molecular weight excluding hydrogens is 543 g/mol. The first-order chi connectivity index (χ1) is 18.0. The Bertz CT molecular complexity index is 1510. The maximum atomic E-state index is 13.0. The summed E-state index contributed by atoms with van der Waals surface area (Å²) >= 11 is 1.54. The van der Waals surface area contributed by atoms with Crippen LogP contribution in [0.2, 0.25) is 0 Å². The van der Waals surface area contributed by atoms with Crippen molar-refractivity contribution in [3.63, 3.8) is 0 Å². The van der Waals surface area contributed by atoms with E-state index in [1.807, 2.05) is 26.2 Å². The van der Waals surface area contributed by atoms with E-state index >= 15 is 0 Å². The SMILES string of the molecule is CSc1ccc(S(=O)(=O)N2CCC(C(=O)Nc3ccc(S(=O)(=O)Nc4ccc(C)c(C)c4)cc3)CC2)cc1. The molecule has 3 aromatic rings. The number of carbonyl (C=O) groups is 1. The fourth-order valence-corrected chi connectivity index (χ4v) is 7.16. The van der Waals surface area contributed by atoms with E-state index in [-0.39, 0.29) is 34.7 Å². The third-order valence-corrected chi connectivity index (χ3v) is 10.8. The number of benzene rings is 3. The third kappa shape index (κ3) is 6.40. The highest BCUT2D eigenvalue weighted by Crippen LogP contribution is 2.27. The minimum Gasteiger partial charge on any atom is -0.326 e. The Morgan fingerprint density at radius 3 is 1.97 bits per heavy atom. The minimum atomic E-state index is -3.78. The zero-order valence-corrected chi connectivity index (χ0v) is 23.9. The second kappa shape index (κ2) is 11.5. The molecule has 1 fully saturated rings. The molecule has 0 bridgehead atoms. The summed E-state index contributed by atoms with van der Waals surface area (Å²) in [6.07, 6.45) is 2.74. The molecule has 1 aliphatic heterocycles. The molecule has 0 saturated carbocycles. The van der Waals surface area contributed by atoms with Gasteiger partial charge in [-0.2, -0.15) is 4.31 Å². The zero-order chi connectivity index (χ0) is 27.5.